The van der Waals surface area contributed by atoms with E-state index in [1.807, 2.05) is 11.3 Å². The Balaban J connectivity index is 2.29. The van der Waals surface area contributed by atoms with Gasteiger partial charge < -0.3 is 0 Å². The van der Waals surface area contributed by atoms with Gasteiger partial charge in [0.2, 0.25) is 0 Å². The van der Waals surface area contributed by atoms with Gasteiger partial charge >= 0.3 is 0 Å². The van der Waals surface area contributed by atoms with Crippen LogP contribution in [0.15, 0.2) is 6.07 Å². The van der Waals surface area contributed by atoms with Crippen molar-refractivity contribution in [1.29, 1.82) is 0 Å². The van der Waals surface area contributed by atoms with Crippen molar-refractivity contribution in [2.45, 2.75) is 46.4 Å². The van der Waals surface area contributed by atoms with Crippen molar-refractivity contribution in [1.82, 2.24) is 0 Å². The molecule has 0 spiro atoms. The molecule has 16 heavy (non-hydrogen) atoms. The number of hydrogen-bond donors (Lipinski definition) is 0. The molecule has 0 aliphatic heterocycles. The molecule has 1 saturated carbocycles. The van der Waals surface area contributed by atoms with Crippen LogP contribution in [0.1, 0.15) is 47.8 Å². The number of thiophene rings is 1. The molecule has 1 aliphatic rings. The fourth-order valence-corrected chi connectivity index (χ4v) is 6.08. The molecule has 1 aromatic heterocycles. The minimum absolute atomic E-state index is 0.450. The van der Waals surface area contributed by atoms with Gasteiger partial charge in [-0.2, -0.15) is 0 Å². The van der Waals surface area contributed by atoms with Gasteiger partial charge in [-0.15, -0.1) is 11.3 Å². The Morgan fingerprint density at radius 1 is 1.19 bits per heavy atom. The summed E-state index contributed by atoms with van der Waals surface area (Å²) in [5, 5.41) is 0. The van der Waals surface area contributed by atoms with Crippen molar-refractivity contribution in [3.8, 4) is 0 Å². The first-order chi connectivity index (χ1) is 7.19. The molecule has 0 radical (unpaired) electrons. The van der Waals surface area contributed by atoms with Gasteiger partial charge in [0.05, 0.1) is 4.83 Å². The van der Waals surface area contributed by atoms with Crippen LogP contribution in [0.5, 0.6) is 0 Å². The summed E-state index contributed by atoms with van der Waals surface area (Å²) in [5.74, 6) is 0.747. The standard InChI is InChI=1S/C14H21BrS/c1-8-7-9(2)16-11(8)10(15)12-13(3,4)14(12,5)6/h7,10,12H,1-6H3. The van der Waals surface area contributed by atoms with E-state index in [9.17, 15) is 0 Å². The first-order valence-electron chi connectivity index (χ1n) is 5.90. The summed E-state index contributed by atoms with van der Waals surface area (Å²) in [4.78, 5) is 3.48. The number of halogens is 1. The van der Waals surface area contributed by atoms with E-state index < -0.39 is 0 Å². The molecule has 0 nitrogen and oxygen atoms in total. The molecule has 0 saturated heterocycles. The molecule has 1 fully saturated rings. The molecule has 0 N–H and O–H groups in total. The maximum absolute atomic E-state index is 3.94. The lowest BCUT2D eigenvalue weighted by Gasteiger charge is -2.11. The Hall–Kier alpha value is 0.180. The number of aryl methyl sites for hydroxylation is 2. The Morgan fingerprint density at radius 2 is 1.69 bits per heavy atom. The third-order valence-corrected chi connectivity index (χ3v) is 7.28. The van der Waals surface area contributed by atoms with Crippen molar-refractivity contribution in [3.63, 3.8) is 0 Å². The molecule has 0 amide bonds. The van der Waals surface area contributed by atoms with E-state index in [4.69, 9.17) is 0 Å². The van der Waals surface area contributed by atoms with Crippen LogP contribution in [-0.2, 0) is 0 Å². The summed E-state index contributed by atoms with van der Waals surface area (Å²) in [6.45, 7) is 14.0. The molecular formula is C14H21BrS. The average Bonchev–Trinajstić information content (AvgIpc) is 2.37. The van der Waals surface area contributed by atoms with Crippen LogP contribution < -0.4 is 0 Å². The van der Waals surface area contributed by atoms with Gasteiger partial charge in [-0.1, -0.05) is 43.6 Å². The van der Waals surface area contributed by atoms with Crippen LogP contribution in [0, 0.1) is 30.6 Å². The number of hydrogen-bond acceptors (Lipinski definition) is 1. The Labute approximate surface area is 112 Å². The normalized spacial score (nSPS) is 24.4. The van der Waals surface area contributed by atoms with Crippen molar-refractivity contribution < 1.29 is 0 Å². The quantitative estimate of drug-likeness (QED) is 0.634. The van der Waals surface area contributed by atoms with E-state index in [0.717, 1.165) is 5.92 Å². The highest BCUT2D eigenvalue weighted by Gasteiger charge is 2.67. The van der Waals surface area contributed by atoms with Crippen molar-refractivity contribution in [2.75, 3.05) is 0 Å². The maximum atomic E-state index is 3.94. The molecule has 1 aromatic rings. The van der Waals surface area contributed by atoms with Gasteiger partial charge in [-0.3, -0.25) is 0 Å². The van der Waals surface area contributed by atoms with E-state index in [1.54, 1.807) is 0 Å². The summed E-state index contributed by atoms with van der Waals surface area (Å²) in [6, 6.07) is 2.30. The van der Waals surface area contributed by atoms with E-state index in [1.165, 1.54) is 15.3 Å². The number of rotatable bonds is 2. The molecule has 1 atom stereocenters. The molecule has 1 heterocycles. The van der Waals surface area contributed by atoms with Gasteiger partial charge in [0.25, 0.3) is 0 Å². The van der Waals surface area contributed by atoms with Crippen LogP contribution in [0.25, 0.3) is 0 Å². The Kier molecular flexibility index (Phi) is 2.83. The zero-order valence-electron chi connectivity index (χ0n) is 11.0. The monoisotopic (exact) mass is 300 g/mol. The molecule has 0 aromatic carbocycles. The molecule has 90 valence electrons. The molecule has 0 bridgehead atoms. The van der Waals surface area contributed by atoms with E-state index in [2.05, 4.69) is 63.5 Å². The van der Waals surface area contributed by atoms with Crippen LogP contribution in [0.2, 0.25) is 0 Å². The topological polar surface area (TPSA) is 0 Å². The third-order valence-electron chi connectivity index (χ3n) is 4.75. The summed E-state index contributed by atoms with van der Waals surface area (Å²) < 4.78 is 0. The van der Waals surface area contributed by atoms with Gasteiger partial charge in [0.15, 0.2) is 0 Å². The van der Waals surface area contributed by atoms with E-state index >= 15 is 0 Å². The predicted molar refractivity (Wildman–Crippen MR) is 76.5 cm³/mol. The second kappa shape index (κ2) is 3.58. The zero-order valence-corrected chi connectivity index (χ0v) is 13.4. The van der Waals surface area contributed by atoms with Crippen LogP contribution in [0.4, 0.5) is 0 Å². The Bertz CT molecular complexity index is 400. The smallest absolute Gasteiger partial charge is 0.0530 e. The van der Waals surface area contributed by atoms with Crippen molar-refractivity contribution in [2.24, 2.45) is 16.7 Å². The lowest BCUT2D eigenvalue weighted by atomic mass is 10.0. The first-order valence-corrected chi connectivity index (χ1v) is 7.64. The second-order valence-corrected chi connectivity index (χ2v) is 8.50. The van der Waals surface area contributed by atoms with Gasteiger partial charge in [0, 0.05) is 9.75 Å². The first kappa shape index (κ1) is 12.6. The highest BCUT2D eigenvalue weighted by atomic mass is 79.9. The highest BCUT2D eigenvalue weighted by Crippen LogP contribution is 2.74. The predicted octanol–water partition coefficient (Wildman–Crippen LogP) is 5.48. The Morgan fingerprint density at radius 3 is 2.00 bits per heavy atom. The van der Waals surface area contributed by atoms with Gasteiger partial charge in [0.1, 0.15) is 0 Å². The fraction of sp³-hybridized carbons (Fsp3) is 0.714. The van der Waals surface area contributed by atoms with Crippen LogP contribution in [-0.4, -0.2) is 0 Å². The van der Waals surface area contributed by atoms with E-state index in [-0.39, 0.29) is 0 Å². The summed E-state index contributed by atoms with van der Waals surface area (Å²) in [7, 11) is 0. The molecule has 2 heteroatoms. The lowest BCUT2D eigenvalue weighted by molar-refractivity contribution is 0.457. The summed E-state index contributed by atoms with van der Waals surface area (Å²) in [5.41, 5.74) is 2.35. The molecule has 1 aliphatic carbocycles. The van der Waals surface area contributed by atoms with E-state index in [0.29, 0.717) is 15.7 Å². The molecule has 1 unspecified atom stereocenters. The average molecular weight is 301 g/mol. The molecule has 2 rings (SSSR count). The van der Waals surface area contributed by atoms with Gasteiger partial charge in [-0.05, 0) is 42.2 Å². The number of alkyl halides is 1. The third kappa shape index (κ3) is 1.60. The van der Waals surface area contributed by atoms with Crippen molar-refractivity contribution >= 4 is 27.3 Å². The minimum Gasteiger partial charge on any atom is -0.144 e. The highest BCUT2D eigenvalue weighted by molar-refractivity contribution is 9.09. The second-order valence-electron chi connectivity index (χ2n) is 6.23. The van der Waals surface area contributed by atoms with Crippen LogP contribution in [0.3, 0.4) is 0 Å². The van der Waals surface area contributed by atoms with Crippen LogP contribution >= 0.6 is 27.3 Å². The maximum Gasteiger partial charge on any atom is 0.0530 e. The van der Waals surface area contributed by atoms with Gasteiger partial charge in [-0.25, -0.2) is 0 Å². The fourth-order valence-electron chi connectivity index (χ4n) is 3.06. The largest absolute Gasteiger partial charge is 0.144 e. The van der Waals surface area contributed by atoms with Crippen molar-refractivity contribution in [3.05, 3.63) is 21.4 Å². The zero-order chi connectivity index (χ0) is 12.3. The SMILES string of the molecule is Cc1cc(C)c(C(Br)C2C(C)(C)C2(C)C)s1. The minimum atomic E-state index is 0.450. The molecular weight excluding hydrogens is 280 g/mol. The lowest BCUT2D eigenvalue weighted by Crippen LogP contribution is -1.98. The summed E-state index contributed by atoms with van der Waals surface area (Å²) in [6.07, 6.45) is 0. The summed E-state index contributed by atoms with van der Waals surface area (Å²) >= 11 is 5.88.